The number of carbonyl (C=O) groups is 1. The van der Waals surface area contributed by atoms with Crippen molar-refractivity contribution in [3.8, 4) is 0 Å². The predicted molar refractivity (Wildman–Crippen MR) is 91.9 cm³/mol. The van der Waals surface area contributed by atoms with Gasteiger partial charge >= 0.3 is 0 Å². The van der Waals surface area contributed by atoms with Crippen LogP contribution < -0.4 is 5.32 Å². The maximum absolute atomic E-state index is 12.4. The largest absolute Gasteiger partial charge is 0.372 e. The molecule has 2 aliphatic heterocycles. The van der Waals surface area contributed by atoms with Crippen molar-refractivity contribution in [2.75, 3.05) is 32.7 Å². The van der Waals surface area contributed by atoms with Gasteiger partial charge < -0.3 is 10.2 Å². The van der Waals surface area contributed by atoms with E-state index in [0.29, 0.717) is 29.2 Å². The number of fused-ring (bicyclic) bond motifs is 1. The Morgan fingerprint density at radius 2 is 1.91 bits per heavy atom. The van der Waals surface area contributed by atoms with E-state index in [0.717, 1.165) is 32.6 Å². The molecule has 23 heavy (non-hydrogen) atoms. The number of piperidine rings is 1. The van der Waals surface area contributed by atoms with Crippen LogP contribution in [0.15, 0.2) is 11.3 Å². The first-order chi connectivity index (χ1) is 11.0. The summed E-state index contributed by atoms with van der Waals surface area (Å²) in [5.41, 5.74) is 2.81. The molecule has 2 saturated carbocycles. The summed E-state index contributed by atoms with van der Waals surface area (Å²) in [6.45, 7) is 12.4. The number of nitrogens with one attached hydrogen (secondary N) is 1. The molecular weight excluding hydrogens is 286 g/mol. The summed E-state index contributed by atoms with van der Waals surface area (Å²) in [5, 5.41) is 3.66. The van der Waals surface area contributed by atoms with Crippen molar-refractivity contribution in [2.24, 2.45) is 17.3 Å². The Kier molecular flexibility index (Phi) is 3.80. The molecule has 1 unspecified atom stereocenters. The summed E-state index contributed by atoms with van der Waals surface area (Å²) < 4.78 is 0. The second-order valence-electron chi connectivity index (χ2n) is 8.52. The molecule has 0 aromatic heterocycles. The third-order valence-electron chi connectivity index (χ3n) is 6.97. The summed E-state index contributed by atoms with van der Waals surface area (Å²) in [4.78, 5) is 17.5. The highest BCUT2D eigenvalue weighted by Crippen LogP contribution is 2.68. The van der Waals surface area contributed by atoms with Crippen LogP contribution >= 0.6 is 0 Å². The molecule has 1 N–H and O–H groups in total. The van der Waals surface area contributed by atoms with Gasteiger partial charge in [-0.2, -0.15) is 0 Å². The zero-order chi connectivity index (χ0) is 16.2. The number of ketones is 1. The lowest BCUT2D eigenvalue weighted by Gasteiger charge is -2.42. The molecule has 0 radical (unpaired) electrons. The summed E-state index contributed by atoms with van der Waals surface area (Å²) in [5.74, 6) is 1.58. The highest BCUT2D eigenvalue weighted by Gasteiger charge is 2.65. The molecular formula is C19H31N3O. The van der Waals surface area contributed by atoms with E-state index in [1.807, 2.05) is 0 Å². The first-order valence-electron chi connectivity index (χ1n) is 9.46. The van der Waals surface area contributed by atoms with Gasteiger partial charge in [0.25, 0.3) is 0 Å². The number of carbonyl (C=O) groups excluding carboxylic acids is 1. The molecule has 0 aromatic rings. The van der Waals surface area contributed by atoms with Crippen molar-refractivity contribution in [1.29, 1.82) is 0 Å². The fraction of sp³-hybridized carbons (Fsp3) is 0.842. The number of hydrogen-bond donors (Lipinski definition) is 1. The quantitative estimate of drug-likeness (QED) is 0.792. The first kappa shape index (κ1) is 15.6. The Labute approximate surface area is 140 Å². The zero-order valence-electron chi connectivity index (χ0n) is 14.9. The van der Waals surface area contributed by atoms with Gasteiger partial charge in [-0.15, -0.1) is 0 Å². The van der Waals surface area contributed by atoms with Crippen molar-refractivity contribution >= 4 is 5.78 Å². The summed E-state index contributed by atoms with van der Waals surface area (Å²) in [6, 6.07) is 0. The number of nitrogens with zero attached hydrogens (tertiary/aromatic N) is 2. The van der Waals surface area contributed by atoms with E-state index in [4.69, 9.17) is 0 Å². The topological polar surface area (TPSA) is 35.6 Å². The van der Waals surface area contributed by atoms with Crippen LogP contribution in [0, 0.1) is 17.3 Å². The molecule has 3 atom stereocenters. The molecule has 4 heteroatoms. The van der Waals surface area contributed by atoms with Crippen LogP contribution in [0.25, 0.3) is 0 Å². The minimum Gasteiger partial charge on any atom is -0.372 e. The van der Waals surface area contributed by atoms with Gasteiger partial charge in [0.1, 0.15) is 0 Å². The monoisotopic (exact) mass is 317 g/mol. The van der Waals surface area contributed by atoms with E-state index in [2.05, 4.69) is 35.9 Å². The maximum Gasteiger partial charge on any atom is 0.161 e. The molecule has 0 aromatic carbocycles. The molecule has 0 bridgehead atoms. The highest BCUT2D eigenvalue weighted by atomic mass is 16.1. The van der Waals surface area contributed by atoms with Crippen molar-refractivity contribution in [1.82, 2.24) is 15.1 Å². The second-order valence-corrected chi connectivity index (χ2v) is 8.52. The molecule has 4 aliphatic rings. The van der Waals surface area contributed by atoms with E-state index in [-0.39, 0.29) is 0 Å². The van der Waals surface area contributed by atoms with Crippen molar-refractivity contribution in [3.05, 3.63) is 11.3 Å². The van der Waals surface area contributed by atoms with E-state index >= 15 is 0 Å². The van der Waals surface area contributed by atoms with Crippen LogP contribution in [-0.2, 0) is 4.79 Å². The highest BCUT2D eigenvalue weighted by molar-refractivity contribution is 6.01. The Morgan fingerprint density at radius 1 is 1.17 bits per heavy atom. The molecule has 0 spiro atoms. The maximum atomic E-state index is 12.4. The number of piperazine rings is 1. The van der Waals surface area contributed by atoms with Crippen LogP contribution in [0.1, 0.15) is 46.5 Å². The van der Waals surface area contributed by atoms with Crippen molar-refractivity contribution < 1.29 is 4.79 Å². The predicted octanol–water partition coefficient (Wildman–Crippen LogP) is 2.22. The van der Waals surface area contributed by atoms with Crippen molar-refractivity contribution in [2.45, 2.75) is 52.6 Å². The fourth-order valence-corrected chi connectivity index (χ4v) is 5.29. The van der Waals surface area contributed by atoms with Crippen molar-refractivity contribution in [3.63, 3.8) is 0 Å². The number of allylic oxidation sites excluding steroid dienone is 2. The number of hydrogen-bond acceptors (Lipinski definition) is 4. The minimum atomic E-state index is 0.359. The lowest BCUT2D eigenvalue weighted by Crippen LogP contribution is -2.55. The molecule has 4 rings (SSSR count). The van der Waals surface area contributed by atoms with Gasteiger partial charge in [0.2, 0.25) is 0 Å². The average molecular weight is 317 g/mol. The second kappa shape index (κ2) is 5.59. The molecule has 2 saturated heterocycles. The Bertz CT molecular complexity index is 525. The lowest BCUT2D eigenvalue weighted by atomic mass is 9.95. The average Bonchev–Trinajstić information content (AvgIpc) is 2.92. The van der Waals surface area contributed by atoms with Gasteiger partial charge in [-0.3, -0.25) is 9.69 Å². The first-order valence-corrected chi connectivity index (χ1v) is 9.46. The van der Waals surface area contributed by atoms with E-state index in [1.54, 1.807) is 0 Å². The number of rotatable bonds is 2. The van der Waals surface area contributed by atoms with Crippen LogP contribution in [0.3, 0.4) is 0 Å². The normalized spacial score (nSPS) is 39.3. The molecule has 2 aliphatic carbocycles. The zero-order valence-corrected chi connectivity index (χ0v) is 14.9. The summed E-state index contributed by atoms with van der Waals surface area (Å²) in [6.07, 6.45) is 5.33. The Balaban J connectivity index is 1.42. The Hall–Kier alpha value is -0.870. The van der Waals surface area contributed by atoms with Gasteiger partial charge in [-0.05, 0) is 50.0 Å². The Morgan fingerprint density at radius 3 is 2.52 bits per heavy atom. The van der Waals surface area contributed by atoms with Gasteiger partial charge in [0.05, 0.1) is 6.17 Å². The third-order valence-corrected chi connectivity index (χ3v) is 6.97. The smallest absolute Gasteiger partial charge is 0.161 e. The van der Waals surface area contributed by atoms with E-state index in [1.165, 1.54) is 37.1 Å². The van der Waals surface area contributed by atoms with E-state index < -0.39 is 0 Å². The third kappa shape index (κ3) is 2.54. The van der Waals surface area contributed by atoms with Crippen LogP contribution in [0.2, 0.25) is 0 Å². The lowest BCUT2D eigenvalue weighted by molar-refractivity contribution is -0.115. The standard InChI is InChI=1S/C19H31N3O/c1-13(17-15(23)12-14-18(17)19(14,2)3)21-8-10-22(11-9-21)16-6-4-5-7-20-16/h14,16,18,20H,4-12H2,1-3H3/t14-,16?,18+/m1/s1. The van der Waals surface area contributed by atoms with Crippen LogP contribution in [-0.4, -0.2) is 54.5 Å². The molecule has 0 amide bonds. The molecule has 4 nitrogen and oxygen atoms in total. The van der Waals surface area contributed by atoms with Gasteiger partial charge in [0.15, 0.2) is 5.78 Å². The van der Waals surface area contributed by atoms with Gasteiger partial charge in [-0.25, -0.2) is 0 Å². The van der Waals surface area contributed by atoms with E-state index in [9.17, 15) is 4.79 Å². The van der Waals surface area contributed by atoms with Gasteiger partial charge in [0, 0.05) is 43.9 Å². The van der Waals surface area contributed by atoms with Crippen LogP contribution in [0.5, 0.6) is 0 Å². The van der Waals surface area contributed by atoms with Gasteiger partial charge in [-0.1, -0.05) is 13.8 Å². The number of Topliss-reactive ketones (excluding diaryl/α,β-unsaturated/α-hetero) is 1. The van der Waals surface area contributed by atoms with Crippen LogP contribution in [0.4, 0.5) is 0 Å². The minimum absolute atomic E-state index is 0.359. The molecule has 128 valence electrons. The SMILES string of the molecule is CC(=C1C(=O)C[C@@H]2[C@@H]1C2(C)C)N1CCN(C2CCCCN2)CC1. The summed E-state index contributed by atoms with van der Waals surface area (Å²) >= 11 is 0. The molecule has 4 fully saturated rings. The summed E-state index contributed by atoms with van der Waals surface area (Å²) in [7, 11) is 0. The molecule has 2 heterocycles. The fourth-order valence-electron chi connectivity index (χ4n) is 5.29.